The summed E-state index contributed by atoms with van der Waals surface area (Å²) in [4.78, 5) is -0.0588. The van der Waals surface area contributed by atoms with Crippen molar-refractivity contribution in [1.82, 2.24) is 0 Å². The van der Waals surface area contributed by atoms with E-state index < -0.39 is 10.1 Å². The minimum Gasteiger partial charge on any atom is -0.497 e. The minimum absolute atomic E-state index is 0.0588. The largest absolute Gasteiger partial charge is 0.497 e. The van der Waals surface area contributed by atoms with Gasteiger partial charge >= 0.3 is 10.1 Å². The van der Waals surface area contributed by atoms with E-state index in [1.165, 1.54) is 25.3 Å². The average Bonchev–Trinajstić information content (AvgIpc) is 2.62. The molecule has 0 heterocycles. The van der Waals surface area contributed by atoms with E-state index in [-0.39, 0.29) is 21.6 Å². The first-order valence-electron chi connectivity index (χ1n) is 8.15. The van der Waals surface area contributed by atoms with Gasteiger partial charge in [0.15, 0.2) is 0 Å². The van der Waals surface area contributed by atoms with Crippen molar-refractivity contribution in [2.75, 3.05) is 7.11 Å². The second-order valence-corrected chi connectivity index (χ2v) is 7.32. The Labute approximate surface area is 169 Å². The van der Waals surface area contributed by atoms with E-state index in [0.717, 1.165) is 18.4 Å². The molecule has 8 nitrogen and oxygen atoms in total. The summed E-state index contributed by atoms with van der Waals surface area (Å²) < 4.78 is 35.1. The molecule has 0 atom stereocenters. The standard InChI is InChI=1S/C16H17ClO4S.C2H6N4/c1-3-6-12-9-13(20-2)11-14(10-12)21-22(18,19)16-8-5-4-7-15(16)17;1-5-6-2(3)4/h4-5,7-11H,3,6H2,1-2H3;1H2,(H4,3,4,6). The van der Waals surface area contributed by atoms with Crippen molar-refractivity contribution >= 4 is 34.4 Å². The summed E-state index contributed by atoms with van der Waals surface area (Å²) >= 11 is 5.93. The van der Waals surface area contributed by atoms with Crippen LogP contribution in [0.2, 0.25) is 5.02 Å². The van der Waals surface area contributed by atoms with Gasteiger partial charge in [-0.25, -0.2) is 0 Å². The van der Waals surface area contributed by atoms with Crippen LogP contribution >= 0.6 is 11.6 Å². The lowest BCUT2D eigenvalue weighted by Crippen LogP contribution is -2.21. The Balaban J connectivity index is 0.000000568. The number of hydrogen-bond donors (Lipinski definition) is 2. The minimum atomic E-state index is -3.99. The number of benzene rings is 2. The van der Waals surface area contributed by atoms with Crippen LogP contribution < -0.4 is 20.4 Å². The van der Waals surface area contributed by atoms with Gasteiger partial charge in [-0.05, 0) is 36.2 Å². The Bertz CT molecular complexity index is 929. The van der Waals surface area contributed by atoms with Gasteiger partial charge in [0, 0.05) is 12.8 Å². The number of nitrogens with two attached hydrogens (primary N) is 2. The highest BCUT2D eigenvalue weighted by molar-refractivity contribution is 7.87. The maximum Gasteiger partial charge on any atom is 0.340 e. The van der Waals surface area contributed by atoms with E-state index in [9.17, 15) is 8.42 Å². The van der Waals surface area contributed by atoms with E-state index in [1.807, 2.05) is 13.0 Å². The van der Waals surface area contributed by atoms with Crippen LogP contribution in [-0.4, -0.2) is 28.2 Å². The summed E-state index contributed by atoms with van der Waals surface area (Å²) in [5.41, 5.74) is 10.5. The molecule has 4 N–H and O–H groups in total. The predicted molar refractivity (Wildman–Crippen MR) is 112 cm³/mol. The van der Waals surface area contributed by atoms with Crippen LogP contribution in [0.4, 0.5) is 0 Å². The van der Waals surface area contributed by atoms with Crippen LogP contribution in [-0.2, 0) is 16.5 Å². The number of halogens is 1. The number of guanidine groups is 1. The highest BCUT2D eigenvalue weighted by Gasteiger charge is 2.20. The Morgan fingerprint density at radius 2 is 1.82 bits per heavy atom. The Morgan fingerprint density at radius 1 is 1.18 bits per heavy atom. The maximum absolute atomic E-state index is 12.3. The molecule has 0 aliphatic carbocycles. The summed E-state index contributed by atoms with van der Waals surface area (Å²) in [5.74, 6) is 0.697. The topological polar surface area (TPSA) is 129 Å². The summed E-state index contributed by atoms with van der Waals surface area (Å²) in [6, 6.07) is 11.3. The van der Waals surface area contributed by atoms with Crippen molar-refractivity contribution < 1.29 is 17.3 Å². The third kappa shape index (κ3) is 7.45. The van der Waals surface area contributed by atoms with Crippen molar-refractivity contribution in [1.29, 1.82) is 0 Å². The molecule has 0 amide bonds. The number of hydrogen-bond acceptors (Lipinski definition) is 6. The van der Waals surface area contributed by atoms with Gasteiger partial charge in [-0.1, -0.05) is 37.1 Å². The van der Waals surface area contributed by atoms with Crippen molar-refractivity contribution in [3.63, 3.8) is 0 Å². The van der Waals surface area contributed by atoms with Crippen LogP contribution in [0.5, 0.6) is 11.5 Å². The molecule has 0 saturated heterocycles. The number of nitrogens with zero attached hydrogens (tertiary/aromatic N) is 2. The van der Waals surface area contributed by atoms with Crippen LogP contribution in [0.3, 0.4) is 0 Å². The van der Waals surface area contributed by atoms with E-state index in [2.05, 4.69) is 16.9 Å². The second-order valence-electron chi connectivity index (χ2n) is 5.40. The molecule has 0 aliphatic heterocycles. The molecule has 2 rings (SSSR count). The first kappa shape index (κ1) is 23.3. The van der Waals surface area contributed by atoms with E-state index >= 15 is 0 Å². The third-order valence-electron chi connectivity index (χ3n) is 3.21. The molecule has 2 aromatic carbocycles. The number of aryl methyl sites for hydroxylation is 1. The molecule has 0 bridgehead atoms. The average molecular weight is 427 g/mol. The Morgan fingerprint density at radius 3 is 2.32 bits per heavy atom. The number of rotatable bonds is 7. The fourth-order valence-corrected chi connectivity index (χ4v) is 3.54. The zero-order valence-corrected chi connectivity index (χ0v) is 17.2. The molecule has 152 valence electrons. The van der Waals surface area contributed by atoms with Crippen LogP contribution in [0.1, 0.15) is 18.9 Å². The molecule has 0 saturated carbocycles. The van der Waals surface area contributed by atoms with Gasteiger partial charge in [0.1, 0.15) is 16.4 Å². The van der Waals surface area contributed by atoms with Gasteiger partial charge < -0.3 is 20.4 Å². The van der Waals surface area contributed by atoms with Crippen LogP contribution in [0, 0.1) is 0 Å². The smallest absolute Gasteiger partial charge is 0.340 e. The summed E-state index contributed by atoms with van der Waals surface area (Å²) in [5, 5.41) is 6.26. The first-order valence-corrected chi connectivity index (χ1v) is 9.93. The molecular weight excluding hydrogens is 404 g/mol. The molecule has 0 fully saturated rings. The lowest BCUT2D eigenvalue weighted by atomic mass is 10.1. The highest BCUT2D eigenvalue weighted by atomic mass is 35.5. The fraction of sp³-hybridized carbons (Fsp3) is 0.222. The zero-order chi connectivity index (χ0) is 21.2. The molecule has 2 aromatic rings. The molecule has 10 heteroatoms. The molecule has 28 heavy (non-hydrogen) atoms. The quantitative estimate of drug-likeness (QED) is 0.303. The Hall–Kier alpha value is -2.78. The lowest BCUT2D eigenvalue weighted by molar-refractivity contribution is 0.411. The lowest BCUT2D eigenvalue weighted by Gasteiger charge is -2.11. The summed E-state index contributed by atoms with van der Waals surface area (Å²) in [6.45, 7) is 5.05. The molecule has 0 spiro atoms. The van der Waals surface area contributed by atoms with Gasteiger partial charge in [0.05, 0.1) is 12.1 Å². The van der Waals surface area contributed by atoms with E-state index in [0.29, 0.717) is 5.75 Å². The van der Waals surface area contributed by atoms with E-state index in [4.69, 9.17) is 32.0 Å². The van der Waals surface area contributed by atoms with Crippen molar-refractivity contribution in [3.8, 4) is 11.5 Å². The van der Waals surface area contributed by atoms with Crippen molar-refractivity contribution in [2.24, 2.45) is 21.7 Å². The van der Waals surface area contributed by atoms with Gasteiger partial charge in [-0.3, -0.25) is 0 Å². The first-order chi connectivity index (χ1) is 13.2. The van der Waals surface area contributed by atoms with E-state index in [1.54, 1.807) is 18.2 Å². The van der Waals surface area contributed by atoms with Gasteiger partial charge in [0.25, 0.3) is 0 Å². The Kier molecular flexibility index (Phi) is 9.26. The third-order valence-corrected chi connectivity index (χ3v) is 4.96. The normalized spacial score (nSPS) is 10.2. The SMILES string of the molecule is C=NN=C(N)N.CCCc1cc(OC)cc(OS(=O)(=O)c2ccccc2Cl)c1. The summed E-state index contributed by atoms with van der Waals surface area (Å²) in [7, 11) is -2.46. The molecule has 0 aliphatic rings. The van der Waals surface area contributed by atoms with Gasteiger partial charge in [-0.2, -0.15) is 13.5 Å². The maximum atomic E-state index is 12.3. The monoisotopic (exact) mass is 426 g/mol. The van der Waals surface area contributed by atoms with Crippen molar-refractivity contribution in [2.45, 2.75) is 24.7 Å². The number of ether oxygens (including phenoxy) is 1. The molecular formula is C18H23ClN4O4S. The summed E-state index contributed by atoms with van der Waals surface area (Å²) in [6.07, 6.45) is 1.74. The molecule has 0 radical (unpaired) electrons. The molecule has 0 aromatic heterocycles. The van der Waals surface area contributed by atoms with Gasteiger partial charge in [-0.15, -0.1) is 5.10 Å². The predicted octanol–water partition coefficient (Wildman–Crippen LogP) is 2.94. The zero-order valence-electron chi connectivity index (χ0n) is 15.6. The fourth-order valence-electron chi connectivity index (χ4n) is 2.13. The van der Waals surface area contributed by atoms with Gasteiger partial charge in [0.2, 0.25) is 5.96 Å². The highest BCUT2D eigenvalue weighted by Crippen LogP contribution is 2.28. The van der Waals surface area contributed by atoms with Crippen LogP contribution in [0.15, 0.2) is 57.6 Å². The van der Waals surface area contributed by atoms with Crippen molar-refractivity contribution in [3.05, 3.63) is 53.1 Å². The van der Waals surface area contributed by atoms with Crippen LogP contribution in [0.25, 0.3) is 0 Å². The molecule has 0 unspecified atom stereocenters. The second kappa shape index (κ2) is 11.2. The number of methoxy groups -OCH3 is 1.